The number of ketones is 1. The van der Waals surface area contributed by atoms with Crippen molar-refractivity contribution in [3.63, 3.8) is 0 Å². The van der Waals surface area contributed by atoms with Gasteiger partial charge in [0.2, 0.25) is 0 Å². The molecule has 1 aliphatic heterocycles. The fraction of sp³-hybridized carbons (Fsp3) is 0.227. The van der Waals surface area contributed by atoms with Crippen LogP contribution >= 0.6 is 0 Å². The Morgan fingerprint density at radius 3 is 1.65 bits per heavy atom. The van der Waals surface area contributed by atoms with Gasteiger partial charge in [0, 0.05) is 0 Å². The van der Waals surface area contributed by atoms with E-state index in [1.165, 1.54) is 29.2 Å². The first kappa shape index (κ1) is 18.2. The van der Waals surface area contributed by atoms with Gasteiger partial charge in [-0.2, -0.15) is 0 Å². The molecule has 1 heterocycles. The van der Waals surface area contributed by atoms with Crippen molar-refractivity contribution < 1.29 is 18.5 Å². The summed E-state index contributed by atoms with van der Waals surface area (Å²) in [4.78, 5) is 14.2. The molecule has 0 aliphatic carbocycles. The van der Waals surface area contributed by atoms with Crippen LogP contribution in [0.2, 0.25) is 0 Å². The molecule has 1 aliphatic rings. The lowest BCUT2D eigenvalue weighted by molar-refractivity contribution is -0.891. The molecule has 2 nitrogen and oxygen atoms in total. The Morgan fingerprint density at radius 2 is 1.27 bits per heavy atom. The monoisotopic (exact) mass is 354 g/mol. The van der Waals surface area contributed by atoms with E-state index in [0.29, 0.717) is 13.1 Å². The minimum absolute atomic E-state index is 0.0125. The SMILES string of the molecule is CCC[NH+]1C/C(=C\c2ccc(F)cc2)C(=O)/C(=C/c2ccc(F)cc2)C1. The van der Waals surface area contributed by atoms with Gasteiger partial charge in [-0.15, -0.1) is 0 Å². The number of Topliss-reactive ketones (excluding diaryl/α,β-unsaturated/α-hetero) is 1. The molecule has 2 aromatic rings. The number of halogens is 2. The van der Waals surface area contributed by atoms with Crippen LogP contribution in [0.25, 0.3) is 12.2 Å². The largest absolute Gasteiger partial charge is 0.327 e. The molecule has 0 spiro atoms. The summed E-state index contributed by atoms with van der Waals surface area (Å²) in [5.41, 5.74) is 3.07. The van der Waals surface area contributed by atoms with Crippen LogP contribution < -0.4 is 4.90 Å². The fourth-order valence-corrected chi connectivity index (χ4v) is 3.25. The molecule has 0 saturated carbocycles. The standard InChI is InChI=1S/C22H21F2NO/c1-2-11-25-14-18(12-16-3-7-20(23)8-4-16)22(26)19(15-25)13-17-5-9-21(24)10-6-17/h3-10,12-13H,2,11,14-15H2,1H3/p+1/b18-12+,19-13+. The summed E-state index contributed by atoms with van der Waals surface area (Å²) in [5.74, 6) is -0.576. The molecule has 1 fully saturated rings. The average Bonchev–Trinajstić information content (AvgIpc) is 2.63. The Balaban J connectivity index is 1.93. The summed E-state index contributed by atoms with van der Waals surface area (Å²) in [5, 5.41) is 0. The van der Waals surface area contributed by atoms with Crippen LogP contribution in [0.5, 0.6) is 0 Å². The van der Waals surface area contributed by atoms with Crippen LogP contribution in [0.1, 0.15) is 24.5 Å². The van der Waals surface area contributed by atoms with Crippen LogP contribution in [0, 0.1) is 11.6 Å². The van der Waals surface area contributed by atoms with E-state index in [0.717, 1.165) is 35.2 Å². The van der Waals surface area contributed by atoms with Gasteiger partial charge in [-0.1, -0.05) is 31.2 Å². The van der Waals surface area contributed by atoms with Gasteiger partial charge in [-0.25, -0.2) is 8.78 Å². The number of likely N-dealkylation sites (tertiary alicyclic amines) is 1. The van der Waals surface area contributed by atoms with Crippen LogP contribution in [0.4, 0.5) is 8.78 Å². The second-order valence-electron chi connectivity index (χ2n) is 6.62. The lowest BCUT2D eigenvalue weighted by atomic mass is 9.94. The van der Waals surface area contributed by atoms with E-state index < -0.39 is 0 Å². The van der Waals surface area contributed by atoms with Gasteiger partial charge < -0.3 is 4.90 Å². The highest BCUT2D eigenvalue weighted by Crippen LogP contribution is 2.17. The molecule has 0 unspecified atom stereocenters. The number of hydrogen-bond donors (Lipinski definition) is 1. The maximum Gasteiger partial charge on any atom is 0.196 e. The van der Waals surface area contributed by atoms with Crippen molar-refractivity contribution in [2.75, 3.05) is 19.6 Å². The van der Waals surface area contributed by atoms with Gasteiger partial charge in [0.1, 0.15) is 24.7 Å². The topological polar surface area (TPSA) is 21.5 Å². The molecule has 0 bridgehead atoms. The first-order valence-electron chi connectivity index (χ1n) is 8.85. The van der Waals surface area contributed by atoms with Crippen LogP contribution in [-0.4, -0.2) is 25.4 Å². The average molecular weight is 354 g/mol. The minimum atomic E-state index is -0.294. The first-order valence-corrected chi connectivity index (χ1v) is 8.85. The van der Waals surface area contributed by atoms with E-state index in [1.54, 1.807) is 24.3 Å². The van der Waals surface area contributed by atoms with Gasteiger partial charge >= 0.3 is 0 Å². The van der Waals surface area contributed by atoms with E-state index in [4.69, 9.17) is 0 Å². The summed E-state index contributed by atoms with van der Waals surface area (Å²) in [7, 11) is 0. The van der Waals surface area contributed by atoms with E-state index in [2.05, 4.69) is 6.92 Å². The number of nitrogens with one attached hydrogen (secondary N) is 1. The predicted octanol–water partition coefficient (Wildman–Crippen LogP) is 3.31. The third-order valence-electron chi connectivity index (χ3n) is 4.49. The summed E-state index contributed by atoms with van der Waals surface area (Å²) in [6.07, 6.45) is 4.71. The zero-order valence-corrected chi connectivity index (χ0v) is 14.8. The molecule has 26 heavy (non-hydrogen) atoms. The number of rotatable bonds is 4. The van der Waals surface area contributed by atoms with Gasteiger partial charge in [0.25, 0.3) is 0 Å². The van der Waals surface area contributed by atoms with Crippen molar-refractivity contribution in [1.29, 1.82) is 0 Å². The molecular weight excluding hydrogens is 332 g/mol. The van der Waals surface area contributed by atoms with E-state index >= 15 is 0 Å². The van der Waals surface area contributed by atoms with Crippen molar-refractivity contribution >= 4 is 17.9 Å². The molecule has 0 atom stereocenters. The highest BCUT2D eigenvalue weighted by Gasteiger charge is 2.28. The Morgan fingerprint density at radius 1 is 0.846 bits per heavy atom. The maximum absolute atomic E-state index is 13.1. The summed E-state index contributed by atoms with van der Waals surface area (Å²) in [6.45, 7) is 4.40. The number of quaternary nitrogens is 1. The summed E-state index contributed by atoms with van der Waals surface area (Å²) in [6, 6.07) is 12.3. The van der Waals surface area contributed by atoms with Crippen LogP contribution in [0.3, 0.4) is 0 Å². The van der Waals surface area contributed by atoms with Gasteiger partial charge in [0.15, 0.2) is 5.78 Å². The molecule has 1 saturated heterocycles. The van der Waals surface area contributed by atoms with Crippen LogP contribution in [-0.2, 0) is 4.79 Å². The van der Waals surface area contributed by atoms with E-state index in [1.807, 2.05) is 12.2 Å². The molecular formula is C22H22F2NO+. The van der Waals surface area contributed by atoms with Crippen LogP contribution in [0.15, 0.2) is 59.7 Å². The zero-order valence-electron chi connectivity index (χ0n) is 14.8. The third-order valence-corrected chi connectivity index (χ3v) is 4.49. The Bertz CT molecular complexity index is 768. The lowest BCUT2D eigenvalue weighted by Gasteiger charge is -2.26. The summed E-state index contributed by atoms with van der Waals surface area (Å²) < 4.78 is 26.2. The van der Waals surface area contributed by atoms with Gasteiger partial charge in [-0.3, -0.25) is 4.79 Å². The fourth-order valence-electron chi connectivity index (χ4n) is 3.25. The number of benzene rings is 2. The summed E-state index contributed by atoms with van der Waals surface area (Å²) >= 11 is 0. The Labute approximate surface area is 152 Å². The van der Waals surface area contributed by atoms with Crippen molar-refractivity contribution in [1.82, 2.24) is 0 Å². The Kier molecular flexibility index (Phi) is 5.74. The maximum atomic E-state index is 13.1. The van der Waals surface area contributed by atoms with Crippen molar-refractivity contribution in [3.05, 3.63) is 82.4 Å². The molecule has 2 aromatic carbocycles. The van der Waals surface area contributed by atoms with Crippen molar-refractivity contribution in [2.45, 2.75) is 13.3 Å². The quantitative estimate of drug-likeness (QED) is 0.836. The molecule has 0 radical (unpaired) electrons. The Hall–Kier alpha value is -2.59. The van der Waals surface area contributed by atoms with E-state index in [-0.39, 0.29) is 17.4 Å². The van der Waals surface area contributed by atoms with Gasteiger partial charge in [-0.05, 0) is 54.0 Å². The highest BCUT2D eigenvalue weighted by atomic mass is 19.1. The normalized spacial score (nSPS) is 20.7. The molecule has 0 amide bonds. The first-order chi connectivity index (χ1) is 12.5. The van der Waals surface area contributed by atoms with E-state index in [9.17, 15) is 13.6 Å². The molecule has 4 heteroatoms. The smallest absolute Gasteiger partial charge is 0.196 e. The molecule has 134 valence electrons. The number of piperidine rings is 1. The number of carbonyl (C=O) groups is 1. The second-order valence-corrected chi connectivity index (χ2v) is 6.62. The lowest BCUT2D eigenvalue weighted by Crippen LogP contribution is -3.13. The highest BCUT2D eigenvalue weighted by molar-refractivity contribution is 6.14. The second kappa shape index (κ2) is 8.19. The molecule has 1 N–H and O–H groups in total. The van der Waals surface area contributed by atoms with Gasteiger partial charge in [0.05, 0.1) is 17.7 Å². The number of carbonyl (C=O) groups excluding carboxylic acids is 1. The minimum Gasteiger partial charge on any atom is -0.327 e. The van der Waals surface area contributed by atoms with Crippen molar-refractivity contribution in [2.24, 2.45) is 0 Å². The third kappa shape index (κ3) is 4.52. The molecule has 3 rings (SSSR count). The zero-order chi connectivity index (χ0) is 18.5. The molecule has 0 aromatic heterocycles. The predicted molar refractivity (Wildman–Crippen MR) is 99.6 cm³/mol. The van der Waals surface area contributed by atoms with Crippen molar-refractivity contribution in [3.8, 4) is 0 Å². The number of hydrogen-bond acceptors (Lipinski definition) is 1.